The molecule has 2 aliphatic heterocycles. The minimum atomic E-state index is -4.02. The Morgan fingerprint density at radius 1 is 1.10 bits per heavy atom. The first-order valence-electron chi connectivity index (χ1n) is 9.33. The quantitative estimate of drug-likeness (QED) is 0.543. The highest BCUT2D eigenvalue weighted by Gasteiger charge is 2.52. The number of nitrogens with one attached hydrogen (secondary N) is 1. The number of likely N-dealkylation sites (tertiary alicyclic amines) is 2. The Labute approximate surface area is 167 Å². The van der Waals surface area contributed by atoms with Crippen LogP contribution < -0.4 is 4.72 Å². The zero-order chi connectivity index (χ0) is 20.8. The average Bonchev–Trinajstić information content (AvgIpc) is 2.91. The van der Waals surface area contributed by atoms with E-state index in [1.165, 1.54) is 21.9 Å². The number of halogens is 1. The largest absolute Gasteiger partial charge is 0.337 e. The van der Waals surface area contributed by atoms with Gasteiger partial charge in [-0.05, 0) is 31.0 Å². The molecule has 10 heteroatoms. The predicted octanol–water partition coefficient (Wildman–Crippen LogP) is 0.266. The normalized spacial score (nSPS) is 24.6. The monoisotopic (exact) mass is 421 g/mol. The third-order valence-electron chi connectivity index (χ3n) is 5.64. The van der Waals surface area contributed by atoms with Gasteiger partial charge in [-0.1, -0.05) is 18.2 Å². The topological polar surface area (TPSA) is 104 Å². The summed E-state index contributed by atoms with van der Waals surface area (Å²) in [4.78, 5) is 39.8. The van der Waals surface area contributed by atoms with Crippen molar-refractivity contribution in [3.8, 4) is 0 Å². The number of nitrogens with zero attached hydrogens (tertiary/aromatic N) is 2. The smallest absolute Gasteiger partial charge is 0.241 e. The maximum absolute atomic E-state index is 13.2. The van der Waals surface area contributed by atoms with Gasteiger partial charge in [-0.15, -0.1) is 0 Å². The summed E-state index contributed by atoms with van der Waals surface area (Å²) in [7, 11) is -4.02. The van der Waals surface area contributed by atoms with E-state index in [1.54, 1.807) is 0 Å². The van der Waals surface area contributed by atoms with E-state index >= 15 is 0 Å². The lowest BCUT2D eigenvalue weighted by Gasteiger charge is -2.43. The van der Waals surface area contributed by atoms with E-state index < -0.39 is 28.3 Å². The van der Waals surface area contributed by atoms with Gasteiger partial charge in [-0.2, -0.15) is 0 Å². The summed E-state index contributed by atoms with van der Waals surface area (Å²) in [6.07, 6.45) is 4.94. The van der Waals surface area contributed by atoms with Crippen molar-refractivity contribution in [2.75, 3.05) is 19.6 Å². The Morgan fingerprint density at radius 2 is 1.72 bits per heavy atom. The van der Waals surface area contributed by atoms with E-state index in [-0.39, 0.29) is 47.7 Å². The minimum Gasteiger partial charge on any atom is -0.337 e. The second-order valence-electron chi connectivity index (χ2n) is 7.44. The molecular weight excluding hydrogens is 401 g/mol. The lowest BCUT2D eigenvalue weighted by molar-refractivity contribution is -0.152. The molecule has 29 heavy (non-hydrogen) atoms. The highest BCUT2D eigenvalue weighted by molar-refractivity contribution is 7.89. The molecule has 4 rings (SSSR count). The summed E-state index contributed by atoms with van der Waals surface area (Å²) in [5.74, 6) is -2.16. The van der Waals surface area contributed by atoms with Crippen molar-refractivity contribution in [1.29, 1.82) is 0 Å². The van der Waals surface area contributed by atoms with Crippen LogP contribution in [0.5, 0.6) is 0 Å². The molecule has 8 nitrogen and oxygen atoms in total. The summed E-state index contributed by atoms with van der Waals surface area (Å²) < 4.78 is 39.7. The fraction of sp³-hybridized carbons (Fsp3) is 0.421. The molecule has 2 unspecified atom stereocenters. The van der Waals surface area contributed by atoms with Crippen molar-refractivity contribution in [2.24, 2.45) is 11.8 Å². The Hall–Kier alpha value is -2.59. The van der Waals surface area contributed by atoms with Gasteiger partial charge in [0.25, 0.3) is 0 Å². The molecule has 0 radical (unpaired) electrons. The molecule has 1 aromatic carbocycles. The molecule has 0 aromatic heterocycles. The average molecular weight is 421 g/mol. The molecule has 154 valence electrons. The van der Waals surface area contributed by atoms with Crippen LogP contribution in [-0.2, 0) is 24.4 Å². The SMILES string of the molecule is O=C(CNS(=O)(=O)c1cccc(F)c1)N1CC(N2C(=O)C3CC=CCC3C2=O)C1. The van der Waals surface area contributed by atoms with Gasteiger partial charge < -0.3 is 4.90 Å². The van der Waals surface area contributed by atoms with Crippen LogP contribution in [0.4, 0.5) is 4.39 Å². The number of benzene rings is 1. The van der Waals surface area contributed by atoms with Gasteiger partial charge >= 0.3 is 0 Å². The fourth-order valence-corrected chi connectivity index (χ4v) is 5.00. The van der Waals surface area contributed by atoms with Gasteiger partial charge in [-0.3, -0.25) is 19.3 Å². The van der Waals surface area contributed by atoms with Crippen LogP contribution in [0.3, 0.4) is 0 Å². The lowest BCUT2D eigenvalue weighted by Crippen LogP contribution is -2.63. The van der Waals surface area contributed by atoms with Crippen molar-refractivity contribution in [3.05, 3.63) is 42.2 Å². The molecule has 2 fully saturated rings. The van der Waals surface area contributed by atoms with E-state index in [0.29, 0.717) is 12.8 Å². The molecule has 0 spiro atoms. The highest BCUT2D eigenvalue weighted by atomic mass is 32.2. The second kappa shape index (κ2) is 7.34. The minimum absolute atomic E-state index is 0.185. The van der Waals surface area contributed by atoms with Crippen LogP contribution in [0.1, 0.15) is 12.8 Å². The first-order valence-corrected chi connectivity index (χ1v) is 10.8. The van der Waals surface area contributed by atoms with E-state index in [4.69, 9.17) is 0 Å². The van der Waals surface area contributed by atoms with Crippen molar-refractivity contribution in [2.45, 2.75) is 23.8 Å². The number of fused-ring (bicyclic) bond motifs is 1. The van der Waals surface area contributed by atoms with E-state index in [2.05, 4.69) is 4.72 Å². The number of sulfonamides is 1. The maximum Gasteiger partial charge on any atom is 0.241 e. The summed E-state index contributed by atoms with van der Waals surface area (Å²) in [6.45, 7) is -0.113. The molecule has 2 atom stereocenters. The van der Waals surface area contributed by atoms with E-state index in [1.807, 2.05) is 12.2 Å². The molecular formula is C19H20FN3O5S. The first-order chi connectivity index (χ1) is 13.8. The van der Waals surface area contributed by atoms with E-state index in [9.17, 15) is 27.2 Å². The molecule has 0 bridgehead atoms. The van der Waals surface area contributed by atoms with Gasteiger partial charge in [-0.25, -0.2) is 17.5 Å². The number of allylic oxidation sites excluding steroid dienone is 2. The summed E-state index contributed by atoms with van der Waals surface area (Å²) >= 11 is 0. The summed E-state index contributed by atoms with van der Waals surface area (Å²) in [5, 5.41) is 0. The zero-order valence-corrected chi connectivity index (χ0v) is 16.3. The van der Waals surface area contributed by atoms with E-state index in [0.717, 1.165) is 12.1 Å². The summed E-state index contributed by atoms with van der Waals surface area (Å²) in [5.41, 5.74) is 0. The Morgan fingerprint density at radius 3 is 2.31 bits per heavy atom. The Kier molecular flexibility index (Phi) is 4.99. The predicted molar refractivity (Wildman–Crippen MR) is 99.2 cm³/mol. The summed E-state index contributed by atoms with van der Waals surface area (Å²) in [6, 6.07) is 4.12. The van der Waals surface area contributed by atoms with Gasteiger partial charge in [0.05, 0.1) is 29.3 Å². The van der Waals surface area contributed by atoms with Crippen molar-refractivity contribution < 1.29 is 27.2 Å². The highest BCUT2D eigenvalue weighted by Crippen LogP contribution is 2.37. The Balaban J connectivity index is 1.32. The van der Waals surface area contributed by atoms with Gasteiger partial charge in [0.2, 0.25) is 27.7 Å². The molecule has 1 aliphatic carbocycles. The standard InChI is InChI=1S/C19H20FN3O5S/c20-12-4-3-5-14(8-12)29(27,28)21-9-17(24)22-10-13(11-22)23-18(25)15-6-1-2-7-16(15)19(23)26/h1-5,8,13,15-16,21H,6-7,9-11H2. The first kappa shape index (κ1) is 19.7. The molecule has 3 amide bonds. The number of rotatable bonds is 5. The molecule has 2 saturated heterocycles. The van der Waals surface area contributed by atoms with Crippen molar-refractivity contribution >= 4 is 27.7 Å². The third-order valence-corrected chi connectivity index (χ3v) is 7.04. The number of carbonyl (C=O) groups is 3. The zero-order valence-electron chi connectivity index (χ0n) is 15.5. The molecule has 2 heterocycles. The molecule has 0 saturated carbocycles. The second-order valence-corrected chi connectivity index (χ2v) is 9.20. The number of hydrogen-bond donors (Lipinski definition) is 1. The molecule has 1 N–H and O–H groups in total. The number of amides is 3. The number of carbonyl (C=O) groups excluding carboxylic acids is 3. The van der Waals surface area contributed by atoms with Gasteiger partial charge in [0.1, 0.15) is 5.82 Å². The lowest BCUT2D eigenvalue weighted by atomic mass is 9.85. The van der Waals surface area contributed by atoms with Crippen LogP contribution in [0.15, 0.2) is 41.3 Å². The molecule has 1 aromatic rings. The van der Waals surface area contributed by atoms with Crippen molar-refractivity contribution in [3.63, 3.8) is 0 Å². The van der Waals surface area contributed by atoms with Crippen LogP contribution in [0.25, 0.3) is 0 Å². The Bertz CT molecular complexity index is 977. The number of imide groups is 1. The maximum atomic E-state index is 13.2. The van der Waals surface area contributed by atoms with Gasteiger partial charge in [0, 0.05) is 13.1 Å². The van der Waals surface area contributed by atoms with Gasteiger partial charge in [0.15, 0.2) is 0 Å². The molecule has 3 aliphatic rings. The van der Waals surface area contributed by atoms with Crippen LogP contribution in [-0.4, -0.2) is 61.6 Å². The van der Waals surface area contributed by atoms with Crippen LogP contribution >= 0.6 is 0 Å². The fourth-order valence-electron chi connectivity index (χ4n) is 3.99. The number of hydrogen-bond acceptors (Lipinski definition) is 5. The van der Waals surface area contributed by atoms with Crippen LogP contribution in [0, 0.1) is 17.7 Å². The third kappa shape index (κ3) is 3.58. The van der Waals surface area contributed by atoms with Crippen LogP contribution in [0.2, 0.25) is 0 Å². The van der Waals surface area contributed by atoms with Crippen molar-refractivity contribution in [1.82, 2.24) is 14.5 Å².